The van der Waals surface area contributed by atoms with E-state index in [9.17, 15) is 14.9 Å². The van der Waals surface area contributed by atoms with Gasteiger partial charge in [0.15, 0.2) is 4.32 Å². The Balaban J connectivity index is 1.97. The van der Waals surface area contributed by atoms with Crippen molar-refractivity contribution < 1.29 is 14.5 Å². The van der Waals surface area contributed by atoms with Crippen LogP contribution in [0.4, 0.5) is 11.4 Å². The summed E-state index contributed by atoms with van der Waals surface area (Å²) >= 11 is 13.4. The quantitative estimate of drug-likeness (QED) is 0.224. The summed E-state index contributed by atoms with van der Waals surface area (Å²) in [5.41, 5.74) is 1.14. The lowest BCUT2D eigenvalue weighted by Crippen LogP contribution is -2.27. The Morgan fingerprint density at radius 1 is 1.26 bits per heavy atom. The first kappa shape index (κ1) is 20.0. The predicted molar refractivity (Wildman–Crippen MR) is 117 cm³/mol. The second-order valence-corrected chi connectivity index (χ2v) is 8.75. The number of thioether (sulfide) groups is 1. The Hall–Kier alpha value is -1.75. The van der Waals surface area contributed by atoms with E-state index in [1.807, 2.05) is 12.1 Å². The molecule has 3 rings (SSSR count). The standard InChI is InChI=1S/C17H10Br2N2O4S2/c1-25-15-9(6-10(18)8-13(15)19)7-14-16(22)20(17(26)27-14)11-2-4-12(5-3-11)21(23)24/h2-8H,1H3/b14-7+. The molecule has 1 aliphatic rings. The molecule has 1 saturated heterocycles. The van der Waals surface area contributed by atoms with Crippen LogP contribution in [0, 0.1) is 10.1 Å². The van der Waals surface area contributed by atoms with E-state index in [-0.39, 0.29) is 11.6 Å². The molecule has 1 heterocycles. The van der Waals surface area contributed by atoms with Gasteiger partial charge in [-0.15, -0.1) is 0 Å². The number of carbonyl (C=O) groups is 1. The number of thiocarbonyl (C=S) groups is 1. The zero-order valence-electron chi connectivity index (χ0n) is 13.6. The van der Waals surface area contributed by atoms with E-state index in [1.54, 1.807) is 13.2 Å². The Morgan fingerprint density at radius 2 is 1.93 bits per heavy atom. The van der Waals surface area contributed by atoms with Crippen LogP contribution in [0.25, 0.3) is 6.08 Å². The van der Waals surface area contributed by atoms with Gasteiger partial charge in [0.1, 0.15) is 5.75 Å². The van der Waals surface area contributed by atoms with Crippen LogP contribution >= 0.6 is 55.8 Å². The van der Waals surface area contributed by atoms with E-state index in [0.29, 0.717) is 26.2 Å². The lowest BCUT2D eigenvalue weighted by Gasteiger charge is -2.14. The molecular weight excluding hydrogens is 520 g/mol. The Morgan fingerprint density at radius 3 is 2.52 bits per heavy atom. The molecule has 138 valence electrons. The first-order valence-corrected chi connectivity index (χ1v) is 10.2. The van der Waals surface area contributed by atoms with Crippen molar-refractivity contribution in [2.24, 2.45) is 0 Å². The van der Waals surface area contributed by atoms with Gasteiger partial charge in [-0.3, -0.25) is 19.8 Å². The van der Waals surface area contributed by atoms with E-state index in [2.05, 4.69) is 31.9 Å². The van der Waals surface area contributed by atoms with E-state index < -0.39 is 4.92 Å². The second-order valence-electron chi connectivity index (χ2n) is 5.30. The van der Waals surface area contributed by atoms with Gasteiger partial charge in [-0.2, -0.15) is 0 Å². The van der Waals surface area contributed by atoms with Crippen LogP contribution in [0.2, 0.25) is 0 Å². The highest BCUT2D eigenvalue weighted by molar-refractivity contribution is 9.11. The summed E-state index contributed by atoms with van der Waals surface area (Å²) in [6.45, 7) is 0. The summed E-state index contributed by atoms with van der Waals surface area (Å²) in [5, 5.41) is 10.8. The van der Waals surface area contributed by atoms with Gasteiger partial charge < -0.3 is 4.74 Å². The number of non-ortho nitro benzene ring substituents is 1. The van der Waals surface area contributed by atoms with Crippen molar-refractivity contribution in [3.05, 3.63) is 65.9 Å². The molecule has 0 saturated carbocycles. The highest BCUT2D eigenvalue weighted by atomic mass is 79.9. The van der Waals surface area contributed by atoms with E-state index in [1.165, 1.54) is 29.2 Å². The fourth-order valence-electron chi connectivity index (χ4n) is 2.46. The summed E-state index contributed by atoms with van der Waals surface area (Å²) in [6.07, 6.45) is 1.71. The number of rotatable bonds is 4. The van der Waals surface area contributed by atoms with Gasteiger partial charge in [-0.05, 0) is 46.3 Å². The lowest BCUT2D eigenvalue weighted by molar-refractivity contribution is -0.384. The van der Waals surface area contributed by atoms with Crippen LogP contribution in [0.15, 0.2) is 50.2 Å². The molecule has 1 fully saturated rings. The van der Waals surface area contributed by atoms with Gasteiger partial charge in [-0.1, -0.05) is 39.9 Å². The average Bonchev–Trinajstić information content (AvgIpc) is 2.88. The molecule has 0 atom stereocenters. The number of hydrogen-bond acceptors (Lipinski definition) is 6. The van der Waals surface area contributed by atoms with Gasteiger partial charge in [0.2, 0.25) is 0 Å². The van der Waals surface area contributed by atoms with Gasteiger partial charge >= 0.3 is 0 Å². The zero-order chi connectivity index (χ0) is 19.7. The number of nitro groups is 1. The minimum Gasteiger partial charge on any atom is -0.495 e. The van der Waals surface area contributed by atoms with Gasteiger partial charge in [0.05, 0.1) is 27.1 Å². The lowest BCUT2D eigenvalue weighted by atomic mass is 10.2. The molecule has 1 amide bonds. The van der Waals surface area contributed by atoms with Gasteiger partial charge in [0.25, 0.3) is 11.6 Å². The molecule has 6 nitrogen and oxygen atoms in total. The van der Waals surface area contributed by atoms with E-state index in [0.717, 1.165) is 20.7 Å². The summed E-state index contributed by atoms with van der Waals surface area (Å²) in [4.78, 5) is 25.0. The van der Waals surface area contributed by atoms with Crippen molar-refractivity contribution in [1.29, 1.82) is 0 Å². The number of amides is 1. The topological polar surface area (TPSA) is 72.7 Å². The number of nitrogens with zero attached hydrogens (tertiary/aromatic N) is 2. The number of benzene rings is 2. The molecule has 0 spiro atoms. The first-order chi connectivity index (χ1) is 12.8. The molecule has 0 bridgehead atoms. The van der Waals surface area contributed by atoms with Crippen molar-refractivity contribution in [3.63, 3.8) is 0 Å². The third-order valence-electron chi connectivity index (χ3n) is 3.64. The Labute approximate surface area is 181 Å². The minimum absolute atomic E-state index is 0.0524. The molecule has 0 aliphatic carbocycles. The van der Waals surface area contributed by atoms with Crippen molar-refractivity contribution in [3.8, 4) is 5.75 Å². The molecule has 2 aromatic rings. The largest absolute Gasteiger partial charge is 0.495 e. The SMILES string of the molecule is COc1c(Br)cc(Br)cc1/C=C1/SC(=S)N(c2ccc([N+](=O)[O-])cc2)C1=O. The third kappa shape index (κ3) is 4.08. The average molecular weight is 530 g/mol. The van der Waals surface area contributed by atoms with E-state index >= 15 is 0 Å². The number of methoxy groups -OCH3 is 1. The van der Waals surface area contributed by atoms with Crippen molar-refractivity contribution in [1.82, 2.24) is 0 Å². The number of ether oxygens (including phenoxy) is 1. The van der Waals surface area contributed by atoms with Crippen molar-refractivity contribution >= 4 is 83.5 Å². The number of hydrogen-bond donors (Lipinski definition) is 0. The van der Waals surface area contributed by atoms with Crippen LogP contribution in [0.3, 0.4) is 0 Å². The fourth-order valence-corrected chi connectivity index (χ4v) is 5.17. The fraction of sp³-hybridized carbons (Fsp3) is 0.0588. The number of anilines is 1. The number of halogens is 2. The van der Waals surface area contributed by atoms with Gasteiger partial charge in [-0.25, -0.2) is 0 Å². The second kappa shape index (κ2) is 8.09. The number of carbonyl (C=O) groups excluding carboxylic acids is 1. The maximum atomic E-state index is 12.9. The Kier molecular flexibility index (Phi) is 5.99. The summed E-state index contributed by atoms with van der Waals surface area (Å²) in [7, 11) is 1.55. The number of nitro benzene ring substituents is 1. The summed E-state index contributed by atoms with van der Waals surface area (Å²) < 4.78 is 7.34. The molecule has 0 radical (unpaired) electrons. The summed E-state index contributed by atoms with van der Waals surface area (Å²) in [5.74, 6) is 0.302. The molecule has 1 aliphatic heterocycles. The van der Waals surface area contributed by atoms with Crippen molar-refractivity contribution in [2.45, 2.75) is 0 Å². The van der Waals surface area contributed by atoms with Crippen LogP contribution in [0.1, 0.15) is 5.56 Å². The van der Waals surface area contributed by atoms with E-state index in [4.69, 9.17) is 17.0 Å². The molecular formula is C17H10Br2N2O4S2. The zero-order valence-corrected chi connectivity index (χ0v) is 18.4. The van der Waals surface area contributed by atoms with Crippen LogP contribution in [-0.4, -0.2) is 22.3 Å². The molecule has 0 aromatic heterocycles. The monoisotopic (exact) mass is 528 g/mol. The molecule has 27 heavy (non-hydrogen) atoms. The minimum atomic E-state index is -0.495. The van der Waals surface area contributed by atoms with Crippen LogP contribution in [0.5, 0.6) is 5.75 Å². The highest BCUT2D eigenvalue weighted by Crippen LogP contribution is 2.39. The van der Waals surface area contributed by atoms with Crippen LogP contribution < -0.4 is 9.64 Å². The Bertz CT molecular complexity index is 993. The maximum absolute atomic E-state index is 12.9. The normalized spacial score (nSPS) is 15.5. The smallest absolute Gasteiger partial charge is 0.270 e. The van der Waals surface area contributed by atoms with Crippen molar-refractivity contribution in [2.75, 3.05) is 12.0 Å². The third-order valence-corrected chi connectivity index (χ3v) is 5.99. The predicted octanol–water partition coefficient (Wildman–Crippen LogP) is 5.53. The van der Waals surface area contributed by atoms with Crippen LogP contribution in [-0.2, 0) is 4.79 Å². The molecule has 2 aromatic carbocycles. The maximum Gasteiger partial charge on any atom is 0.270 e. The molecule has 10 heteroatoms. The molecule has 0 N–H and O–H groups in total. The first-order valence-electron chi connectivity index (χ1n) is 7.37. The highest BCUT2D eigenvalue weighted by Gasteiger charge is 2.33. The van der Waals surface area contributed by atoms with Gasteiger partial charge in [0, 0.05) is 22.2 Å². The molecule has 0 unspecified atom stereocenters. The summed E-state index contributed by atoms with van der Waals surface area (Å²) in [6, 6.07) is 9.36.